The van der Waals surface area contributed by atoms with Crippen molar-refractivity contribution in [3.8, 4) is 0 Å². The molecule has 0 radical (unpaired) electrons. The third kappa shape index (κ3) is 1.78. The maximum Gasteiger partial charge on any atom is 0.129 e. The van der Waals surface area contributed by atoms with Gasteiger partial charge in [-0.2, -0.15) is 0 Å². The maximum absolute atomic E-state index is 4.44. The second-order valence-corrected chi connectivity index (χ2v) is 4.19. The quantitative estimate of drug-likeness (QED) is 0.824. The van der Waals surface area contributed by atoms with Gasteiger partial charge in [0.25, 0.3) is 0 Å². The van der Waals surface area contributed by atoms with E-state index in [1.54, 1.807) is 0 Å². The molecule has 16 heavy (non-hydrogen) atoms. The zero-order valence-corrected chi connectivity index (χ0v) is 9.11. The predicted molar refractivity (Wildman–Crippen MR) is 65.7 cm³/mol. The molecule has 1 aliphatic heterocycles. The minimum atomic E-state index is 0.973. The van der Waals surface area contributed by atoms with Crippen LogP contribution in [-0.2, 0) is 12.8 Å². The Bertz CT molecular complexity index is 491. The van der Waals surface area contributed by atoms with Crippen LogP contribution in [0.25, 0.3) is 0 Å². The van der Waals surface area contributed by atoms with E-state index in [4.69, 9.17) is 0 Å². The van der Waals surface area contributed by atoms with Crippen molar-refractivity contribution >= 4 is 5.82 Å². The molecule has 0 saturated carbocycles. The molecule has 0 atom stereocenters. The van der Waals surface area contributed by atoms with Crippen LogP contribution in [0.1, 0.15) is 16.7 Å². The summed E-state index contributed by atoms with van der Waals surface area (Å²) < 4.78 is 0. The van der Waals surface area contributed by atoms with E-state index in [2.05, 4.69) is 40.6 Å². The highest BCUT2D eigenvalue weighted by Gasteiger charge is 2.11. The van der Waals surface area contributed by atoms with E-state index in [0.717, 1.165) is 25.2 Å². The average molecular weight is 210 g/mol. The Hall–Kier alpha value is -1.83. The van der Waals surface area contributed by atoms with Gasteiger partial charge in [0.2, 0.25) is 0 Å². The maximum atomic E-state index is 4.44. The number of aromatic nitrogens is 1. The van der Waals surface area contributed by atoms with Crippen molar-refractivity contribution in [2.45, 2.75) is 12.8 Å². The minimum Gasteiger partial charge on any atom is -0.370 e. The molecule has 0 amide bonds. The molecule has 1 aromatic heterocycles. The summed E-state index contributed by atoms with van der Waals surface area (Å²) in [6.45, 7) is 1.02. The average Bonchev–Trinajstić information content (AvgIpc) is 2.77. The molecule has 1 aromatic carbocycles. The first-order valence-electron chi connectivity index (χ1n) is 5.67. The Balaban J connectivity index is 1.86. The number of hydrogen-bond acceptors (Lipinski definition) is 2. The van der Waals surface area contributed by atoms with Gasteiger partial charge in [0.15, 0.2) is 0 Å². The van der Waals surface area contributed by atoms with Crippen molar-refractivity contribution in [1.82, 2.24) is 4.98 Å². The predicted octanol–water partition coefficient (Wildman–Crippen LogP) is 2.64. The van der Waals surface area contributed by atoms with Crippen LogP contribution in [0, 0.1) is 0 Å². The molecule has 1 aliphatic rings. The van der Waals surface area contributed by atoms with Gasteiger partial charge < -0.3 is 5.32 Å². The summed E-state index contributed by atoms with van der Waals surface area (Å²) in [5.74, 6) is 1.07. The van der Waals surface area contributed by atoms with Crippen molar-refractivity contribution in [1.29, 1.82) is 0 Å². The summed E-state index contributed by atoms with van der Waals surface area (Å²) in [5, 5.41) is 3.28. The highest BCUT2D eigenvalue weighted by Crippen LogP contribution is 2.21. The number of hydrogen-bond donors (Lipinski definition) is 1. The van der Waals surface area contributed by atoms with Crippen LogP contribution in [0.3, 0.4) is 0 Å². The van der Waals surface area contributed by atoms with Crippen LogP contribution in [0.15, 0.2) is 42.6 Å². The van der Waals surface area contributed by atoms with Crippen molar-refractivity contribution in [3.63, 3.8) is 0 Å². The van der Waals surface area contributed by atoms with E-state index in [1.807, 2.05) is 12.3 Å². The van der Waals surface area contributed by atoms with E-state index in [1.165, 1.54) is 16.7 Å². The molecule has 0 aliphatic carbocycles. The lowest BCUT2D eigenvalue weighted by molar-refractivity contribution is 1.09. The fraction of sp³-hybridized carbons (Fsp3) is 0.214. The van der Waals surface area contributed by atoms with Gasteiger partial charge in [0.05, 0.1) is 0 Å². The summed E-state index contributed by atoms with van der Waals surface area (Å²) in [6.07, 6.45) is 4.05. The SMILES string of the molecule is c1ccc(Cc2cnc3c(c2)CCN3)cc1. The van der Waals surface area contributed by atoms with Gasteiger partial charge in [-0.1, -0.05) is 36.4 Å². The van der Waals surface area contributed by atoms with Crippen molar-refractivity contribution in [3.05, 3.63) is 59.3 Å². The third-order valence-electron chi connectivity index (χ3n) is 2.96. The normalized spacial score (nSPS) is 13.2. The van der Waals surface area contributed by atoms with Crippen LogP contribution >= 0.6 is 0 Å². The standard InChI is InChI=1S/C14H14N2/c1-2-4-11(5-3-1)8-12-9-13-6-7-15-14(13)16-10-12/h1-5,9-10H,6-8H2,(H,15,16). The molecule has 0 fully saturated rings. The summed E-state index contributed by atoms with van der Waals surface area (Å²) >= 11 is 0. The highest BCUT2D eigenvalue weighted by molar-refractivity contribution is 5.50. The number of fused-ring (bicyclic) bond motifs is 1. The molecule has 0 bridgehead atoms. The fourth-order valence-corrected chi connectivity index (χ4v) is 2.15. The molecule has 2 nitrogen and oxygen atoms in total. The minimum absolute atomic E-state index is 0.973. The van der Waals surface area contributed by atoms with Crippen molar-refractivity contribution < 1.29 is 0 Å². The molecule has 1 N–H and O–H groups in total. The Kier molecular flexibility index (Phi) is 2.33. The van der Waals surface area contributed by atoms with Gasteiger partial charge in [0, 0.05) is 12.7 Å². The zero-order valence-electron chi connectivity index (χ0n) is 9.11. The monoisotopic (exact) mass is 210 g/mol. The van der Waals surface area contributed by atoms with Gasteiger partial charge in [-0.25, -0.2) is 4.98 Å². The van der Waals surface area contributed by atoms with Crippen LogP contribution in [0.2, 0.25) is 0 Å². The fourth-order valence-electron chi connectivity index (χ4n) is 2.15. The van der Waals surface area contributed by atoms with Gasteiger partial charge in [0.1, 0.15) is 5.82 Å². The number of pyridine rings is 1. The number of benzene rings is 1. The first-order chi connectivity index (χ1) is 7.92. The van der Waals surface area contributed by atoms with Gasteiger partial charge in [-0.05, 0) is 29.5 Å². The highest BCUT2D eigenvalue weighted by atomic mass is 15.0. The second-order valence-electron chi connectivity index (χ2n) is 4.19. The Morgan fingerprint density at radius 2 is 2.00 bits per heavy atom. The number of anilines is 1. The smallest absolute Gasteiger partial charge is 0.129 e. The van der Waals surface area contributed by atoms with Crippen molar-refractivity contribution in [2.24, 2.45) is 0 Å². The lowest BCUT2D eigenvalue weighted by Crippen LogP contribution is -1.94. The molecule has 0 unspecified atom stereocenters. The lowest BCUT2D eigenvalue weighted by atomic mass is 10.0. The number of nitrogens with zero attached hydrogens (tertiary/aromatic N) is 1. The van der Waals surface area contributed by atoms with E-state index in [-0.39, 0.29) is 0 Å². The molecule has 0 saturated heterocycles. The summed E-state index contributed by atoms with van der Waals surface area (Å²) in [4.78, 5) is 4.44. The van der Waals surface area contributed by atoms with Gasteiger partial charge in [-0.15, -0.1) is 0 Å². The Morgan fingerprint density at radius 1 is 1.12 bits per heavy atom. The number of rotatable bonds is 2. The summed E-state index contributed by atoms with van der Waals surface area (Å²) in [7, 11) is 0. The topological polar surface area (TPSA) is 24.9 Å². The third-order valence-corrected chi connectivity index (χ3v) is 2.96. The van der Waals surface area contributed by atoms with Crippen molar-refractivity contribution in [2.75, 3.05) is 11.9 Å². The van der Waals surface area contributed by atoms with Crippen LogP contribution < -0.4 is 5.32 Å². The molecule has 0 spiro atoms. The second kappa shape index (κ2) is 3.97. The largest absolute Gasteiger partial charge is 0.370 e. The van der Waals surface area contributed by atoms with E-state index in [0.29, 0.717) is 0 Å². The molecule has 2 heterocycles. The van der Waals surface area contributed by atoms with Crippen LogP contribution in [-0.4, -0.2) is 11.5 Å². The van der Waals surface area contributed by atoms with Gasteiger partial charge in [-0.3, -0.25) is 0 Å². The molecule has 3 rings (SSSR count). The van der Waals surface area contributed by atoms with E-state index < -0.39 is 0 Å². The lowest BCUT2D eigenvalue weighted by Gasteiger charge is -2.04. The first kappa shape index (κ1) is 9.40. The van der Waals surface area contributed by atoms with Crippen LogP contribution in [0.4, 0.5) is 5.82 Å². The van der Waals surface area contributed by atoms with Crippen LogP contribution in [0.5, 0.6) is 0 Å². The zero-order chi connectivity index (χ0) is 10.8. The Labute approximate surface area is 95.3 Å². The number of nitrogens with one attached hydrogen (secondary N) is 1. The molecular formula is C14H14N2. The van der Waals surface area contributed by atoms with E-state index >= 15 is 0 Å². The molecular weight excluding hydrogens is 196 g/mol. The molecule has 2 heteroatoms. The summed E-state index contributed by atoms with van der Waals surface area (Å²) in [5.41, 5.74) is 4.00. The first-order valence-corrected chi connectivity index (χ1v) is 5.67. The van der Waals surface area contributed by atoms with Gasteiger partial charge >= 0.3 is 0 Å². The molecule has 2 aromatic rings. The summed E-state index contributed by atoms with van der Waals surface area (Å²) in [6, 6.07) is 12.8. The Morgan fingerprint density at radius 3 is 2.88 bits per heavy atom. The van der Waals surface area contributed by atoms with E-state index in [9.17, 15) is 0 Å². The molecule has 80 valence electrons.